The SMILES string of the molecule is CCNc1cc(C(=O)O)c2nc(N)nn2c1. The third kappa shape index (κ3) is 1.62. The molecular formula is C9H11N5O2. The summed E-state index contributed by atoms with van der Waals surface area (Å²) in [6.45, 7) is 2.61. The highest BCUT2D eigenvalue weighted by atomic mass is 16.4. The zero-order valence-corrected chi connectivity index (χ0v) is 8.64. The summed E-state index contributed by atoms with van der Waals surface area (Å²) in [5.74, 6) is -1.01. The van der Waals surface area contributed by atoms with E-state index in [4.69, 9.17) is 10.8 Å². The van der Waals surface area contributed by atoms with Crippen LogP contribution < -0.4 is 11.1 Å². The van der Waals surface area contributed by atoms with Crippen molar-refractivity contribution < 1.29 is 9.90 Å². The highest BCUT2D eigenvalue weighted by molar-refractivity contribution is 5.95. The van der Waals surface area contributed by atoms with Crippen LogP contribution in [0.5, 0.6) is 0 Å². The van der Waals surface area contributed by atoms with Gasteiger partial charge in [0.2, 0.25) is 5.95 Å². The largest absolute Gasteiger partial charge is 0.478 e. The van der Waals surface area contributed by atoms with Crippen molar-refractivity contribution in [2.45, 2.75) is 6.92 Å². The second kappa shape index (κ2) is 3.69. The number of carboxylic acid groups (broad SMARTS) is 1. The average Bonchev–Trinajstić information content (AvgIpc) is 2.57. The van der Waals surface area contributed by atoms with Gasteiger partial charge in [0, 0.05) is 6.54 Å². The summed E-state index contributed by atoms with van der Waals surface area (Å²) in [6.07, 6.45) is 1.65. The first-order valence-electron chi connectivity index (χ1n) is 4.75. The van der Waals surface area contributed by atoms with E-state index in [9.17, 15) is 4.79 Å². The van der Waals surface area contributed by atoms with Crippen LogP contribution in [-0.4, -0.2) is 32.2 Å². The maximum Gasteiger partial charge on any atom is 0.339 e. The highest BCUT2D eigenvalue weighted by Crippen LogP contribution is 2.16. The lowest BCUT2D eigenvalue weighted by Crippen LogP contribution is -2.05. The van der Waals surface area contributed by atoms with Crippen LogP contribution in [0.2, 0.25) is 0 Å². The van der Waals surface area contributed by atoms with Crippen LogP contribution in [0.3, 0.4) is 0 Å². The minimum absolute atomic E-state index is 0.0520. The Labute approximate surface area is 90.9 Å². The first-order valence-corrected chi connectivity index (χ1v) is 4.75. The lowest BCUT2D eigenvalue weighted by Gasteiger charge is -2.05. The number of rotatable bonds is 3. The van der Waals surface area contributed by atoms with E-state index in [1.165, 1.54) is 10.6 Å². The van der Waals surface area contributed by atoms with E-state index in [1.54, 1.807) is 6.20 Å². The van der Waals surface area contributed by atoms with E-state index in [-0.39, 0.29) is 17.2 Å². The van der Waals surface area contributed by atoms with Crippen LogP contribution in [0.25, 0.3) is 5.65 Å². The van der Waals surface area contributed by atoms with Crippen LogP contribution in [0.1, 0.15) is 17.3 Å². The van der Waals surface area contributed by atoms with Gasteiger partial charge >= 0.3 is 5.97 Å². The molecule has 0 saturated heterocycles. The maximum absolute atomic E-state index is 11.0. The molecule has 7 heteroatoms. The van der Waals surface area contributed by atoms with Crippen LogP contribution in [0.4, 0.5) is 11.6 Å². The van der Waals surface area contributed by atoms with Crippen LogP contribution >= 0.6 is 0 Å². The molecule has 7 nitrogen and oxygen atoms in total. The molecule has 16 heavy (non-hydrogen) atoms. The van der Waals surface area contributed by atoms with Gasteiger partial charge in [0.1, 0.15) is 5.56 Å². The predicted molar refractivity (Wildman–Crippen MR) is 58.5 cm³/mol. The molecule has 0 aromatic carbocycles. The number of nitrogens with one attached hydrogen (secondary N) is 1. The Balaban J connectivity index is 2.67. The standard InChI is InChI=1S/C9H11N5O2/c1-2-11-5-3-6(8(15)16)7-12-9(10)13-14(7)4-5/h3-4,11H,2H2,1H3,(H2,10,13)(H,15,16). The van der Waals surface area contributed by atoms with E-state index < -0.39 is 5.97 Å². The van der Waals surface area contributed by atoms with E-state index in [2.05, 4.69) is 15.4 Å². The number of hydrogen-bond acceptors (Lipinski definition) is 5. The van der Waals surface area contributed by atoms with Crippen LogP contribution in [0.15, 0.2) is 12.3 Å². The zero-order valence-electron chi connectivity index (χ0n) is 8.64. The molecule has 4 N–H and O–H groups in total. The Hall–Kier alpha value is -2.31. The van der Waals surface area contributed by atoms with Crippen molar-refractivity contribution in [2.24, 2.45) is 0 Å². The number of hydrogen-bond donors (Lipinski definition) is 3. The summed E-state index contributed by atoms with van der Waals surface area (Å²) < 4.78 is 1.36. The lowest BCUT2D eigenvalue weighted by molar-refractivity contribution is 0.0698. The molecule has 0 radical (unpaired) electrons. The third-order valence-corrected chi connectivity index (χ3v) is 2.06. The third-order valence-electron chi connectivity index (χ3n) is 2.06. The highest BCUT2D eigenvalue weighted by Gasteiger charge is 2.14. The molecule has 2 aromatic rings. The number of nitrogen functional groups attached to an aromatic ring is 1. The summed E-state index contributed by atoms with van der Waals surface area (Å²) in [5, 5.41) is 15.9. The Bertz CT molecular complexity index is 548. The molecule has 0 fully saturated rings. The molecule has 0 bridgehead atoms. The molecule has 0 amide bonds. The first kappa shape index (κ1) is 10.2. The fourth-order valence-electron chi connectivity index (χ4n) is 1.46. The molecule has 0 aliphatic heterocycles. The summed E-state index contributed by atoms with van der Waals surface area (Å²) >= 11 is 0. The van der Waals surface area contributed by atoms with Gasteiger partial charge in [0.05, 0.1) is 11.9 Å². The molecule has 0 atom stereocenters. The minimum Gasteiger partial charge on any atom is -0.478 e. The molecule has 0 unspecified atom stereocenters. The quantitative estimate of drug-likeness (QED) is 0.694. The van der Waals surface area contributed by atoms with E-state index >= 15 is 0 Å². The van der Waals surface area contributed by atoms with Crippen molar-refractivity contribution in [3.8, 4) is 0 Å². The number of anilines is 2. The number of pyridine rings is 1. The number of nitrogens with zero attached hydrogens (tertiary/aromatic N) is 3. The number of nitrogens with two attached hydrogens (primary N) is 1. The molecule has 0 saturated carbocycles. The molecule has 84 valence electrons. The van der Waals surface area contributed by atoms with Crippen LogP contribution in [-0.2, 0) is 0 Å². The van der Waals surface area contributed by atoms with Gasteiger partial charge in [-0.05, 0) is 13.0 Å². The Morgan fingerprint density at radius 1 is 1.69 bits per heavy atom. The molecular weight excluding hydrogens is 210 g/mol. The van der Waals surface area contributed by atoms with Crippen molar-refractivity contribution >= 4 is 23.3 Å². The van der Waals surface area contributed by atoms with Crippen molar-refractivity contribution in [1.29, 1.82) is 0 Å². The smallest absolute Gasteiger partial charge is 0.339 e. The second-order valence-corrected chi connectivity index (χ2v) is 3.22. The Morgan fingerprint density at radius 2 is 2.44 bits per heavy atom. The van der Waals surface area contributed by atoms with Gasteiger partial charge in [-0.25, -0.2) is 9.31 Å². The van der Waals surface area contributed by atoms with Crippen LogP contribution in [0, 0.1) is 0 Å². The van der Waals surface area contributed by atoms with Crippen molar-refractivity contribution in [2.75, 3.05) is 17.6 Å². The first-order chi connectivity index (χ1) is 7.61. The molecule has 2 rings (SSSR count). The molecule has 0 aliphatic rings. The normalized spacial score (nSPS) is 10.6. The number of carbonyl (C=O) groups is 1. The molecule has 2 heterocycles. The van der Waals surface area contributed by atoms with Gasteiger partial charge in [-0.15, -0.1) is 5.10 Å². The van der Waals surface area contributed by atoms with Gasteiger partial charge in [-0.2, -0.15) is 4.98 Å². The van der Waals surface area contributed by atoms with Crippen molar-refractivity contribution in [3.05, 3.63) is 17.8 Å². The predicted octanol–water partition coefficient (Wildman–Crippen LogP) is 0.441. The fraction of sp³-hybridized carbons (Fsp3) is 0.222. The van der Waals surface area contributed by atoms with Gasteiger partial charge in [0.15, 0.2) is 5.65 Å². The zero-order chi connectivity index (χ0) is 11.7. The van der Waals surface area contributed by atoms with Crippen molar-refractivity contribution in [3.63, 3.8) is 0 Å². The number of carboxylic acids is 1. The Morgan fingerprint density at radius 3 is 3.06 bits per heavy atom. The summed E-state index contributed by atoms with van der Waals surface area (Å²) in [6, 6.07) is 1.51. The minimum atomic E-state index is -1.06. The molecule has 2 aromatic heterocycles. The molecule has 0 spiro atoms. The maximum atomic E-state index is 11.0. The second-order valence-electron chi connectivity index (χ2n) is 3.22. The van der Waals surface area contributed by atoms with E-state index in [0.29, 0.717) is 12.2 Å². The van der Waals surface area contributed by atoms with Crippen molar-refractivity contribution in [1.82, 2.24) is 14.6 Å². The van der Waals surface area contributed by atoms with Gasteiger partial charge in [-0.1, -0.05) is 0 Å². The van der Waals surface area contributed by atoms with E-state index in [1.807, 2.05) is 6.92 Å². The topological polar surface area (TPSA) is 106 Å². The number of fused-ring (bicyclic) bond motifs is 1. The van der Waals surface area contributed by atoms with Gasteiger partial charge < -0.3 is 16.2 Å². The average molecular weight is 221 g/mol. The summed E-state index contributed by atoms with van der Waals surface area (Å²) in [7, 11) is 0. The number of aromatic nitrogens is 3. The lowest BCUT2D eigenvalue weighted by atomic mass is 10.2. The molecule has 0 aliphatic carbocycles. The van der Waals surface area contributed by atoms with Gasteiger partial charge in [0.25, 0.3) is 0 Å². The summed E-state index contributed by atoms with van der Waals surface area (Å²) in [5.41, 5.74) is 6.41. The van der Waals surface area contributed by atoms with E-state index in [0.717, 1.165) is 0 Å². The Kier molecular flexibility index (Phi) is 2.35. The monoisotopic (exact) mass is 221 g/mol. The fourth-order valence-corrected chi connectivity index (χ4v) is 1.46. The number of aromatic carboxylic acids is 1. The van der Waals surface area contributed by atoms with Gasteiger partial charge in [-0.3, -0.25) is 0 Å². The summed E-state index contributed by atoms with van der Waals surface area (Å²) in [4.78, 5) is 14.9.